The van der Waals surface area contributed by atoms with Crippen molar-refractivity contribution in [1.29, 1.82) is 0 Å². The van der Waals surface area contributed by atoms with Gasteiger partial charge in [-0.05, 0) is 35.6 Å². The molecule has 0 atom stereocenters. The highest BCUT2D eigenvalue weighted by molar-refractivity contribution is 7.98. The fraction of sp³-hybridized carbons (Fsp3) is 0.500. The lowest BCUT2D eigenvalue weighted by molar-refractivity contribution is -0.385. The zero-order valence-electron chi connectivity index (χ0n) is 11.7. The second-order valence-electron chi connectivity index (χ2n) is 5.36. The van der Waals surface area contributed by atoms with Gasteiger partial charge in [0, 0.05) is 11.8 Å². The van der Waals surface area contributed by atoms with Crippen molar-refractivity contribution in [3.05, 3.63) is 33.9 Å². The summed E-state index contributed by atoms with van der Waals surface area (Å²) in [6.45, 7) is 0. The van der Waals surface area contributed by atoms with E-state index in [1.807, 2.05) is 0 Å². The van der Waals surface area contributed by atoms with Crippen LogP contribution in [0.4, 0.5) is 5.69 Å². The lowest BCUT2D eigenvalue weighted by Crippen LogP contribution is -2.11. The van der Waals surface area contributed by atoms with Gasteiger partial charge in [-0.25, -0.2) is 0 Å². The molecule has 6 nitrogen and oxygen atoms in total. The third-order valence-corrected chi connectivity index (χ3v) is 4.91. The predicted octanol–water partition coefficient (Wildman–Crippen LogP) is 3.09. The van der Waals surface area contributed by atoms with Gasteiger partial charge in [0.25, 0.3) is 5.69 Å². The number of methoxy groups -OCH3 is 1. The van der Waals surface area contributed by atoms with Crippen LogP contribution in [-0.4, -0.2) is 28.9 Å². The molecule has 1 aromatic carbocycles. The first kappa shape index (κ1) is 15.6. The van der Waals surface area contributed by atoms with Crippen molar-refractivity contribution in [3.63, 3.8) is 0 Å². The first-order chi connectivity index (χ1) is 9.94. The third kappa shape index (κ3) is 4.35. The van der Waals surface area contributed by atoms with Crippen molar-refractivity contribution in [2.45, 2.75) is 25.0 Å². The Hall–Kier alpha value is -1.76. The van der Waals surface area contributed by atoms with Crippen LogP contribution in [0.1, 0.15) is 24.8 Å². The summed E-state index contributed by atoms with van der Waals surface area (Å²) in [5.74, 6) is 1.08. The molecule has 114 valence electrons. The number of benzene rings is 1. The van der Waals surface area contributed by atoms with Crippen molar-refractivity contribution < 1.29 is 19.6 Å². The molecule has 21 heavy (non-hydrogen) atoms. The standard InChI is InChI=1S/C14H17NO5S/c1-20-12-5-10(4-11(6-12)15(18)19)8-21-9-14(2-3-14)7-13(16)17/h4-6H,2-3,7-9H2,1H3,(H,16,17). The van der Waals surface area contributed by atoms with Gasteiger partial charge in [0.2, 0.25) is 0 Å². The fourth-order valence-electron chi connectivity index (χ4n) is 2.21. The Morgan fingerprint density at radius 2 is 2.19 bits per heavy atom. The van der Waals surface area contributed by atoms with E-state index in [1.165, 1.54) is 19.2 Å². The van der Waals surface area contributed by atoms with Crippen molar-refractivity contribution >= 4 is 23.4 Å². The Balaban J connectivity index is 1.95. The zero-order chi connectivity index (χ0) is 15.5. The summed E-state index contributed by atoms with van der Waals surface area (Å²) >= 11 is 1.62. The molecule has 1 aliphatic rings. The number of nitrogens with zero attached hydrogens (tertiary/aromatic N) is 1. The smallest absolute Gasteiger partial charge is 0.303 e. The van der Waals surface area contributed by atoms with Crippen molar-refractivity contribution in [2.24, 2.45) is 5.41 Å². The minimum atomic E-state index is -0.759. The van der Waals surface area contributed by atoms with Gasteiger partial charge in [0.1, 0.15) is 5.75 Å². The molecule has 7 heteroatoms. The fourth-order valence-corrected chi connectivity index (χ4v) is 3.53. The lowest BCUT2D eigenvalue weighted by atomic mass is 10.1. The van der Waals surface area contributed by atoms with E-state index in [-0.39, 0.29) is 17.5 Å². The quantitative estimate of drug-likeness (QED) is 0.586. The number of aliphatic carboxylic acids is 1. The molecule has 1 fully saturated rings. The number of ether oxygens (including phenoxy) is 1. The van der Waals surface area contributed by atoms with Crippen LogP contribution >= 0.6 is 11.8 Å². The Labute approximate surface area is 126 Å². The molecule has 1 N–H and O–H groups in total. The van der Waals surface area contributed by atoms with E-state index in [0.717, 1.165) is 24.2 Å². The Morgan fingerprint density at radius 1 is 1.48 bits per heavy atom. The van der Waals surface area contributed by atoms with Gasteiger partial charge >= 0.3 is 5.97 Å². The first-order valence-corrected chi connectivity index (χ1v) is 7.71. The van der Waals surface area contributed by atoms with Gasteiger partial charge in [0.05, 0.1) is 24.5 Å². The minimum Gasteiger partial charge on any atom is -0.496 e. The molecule has 1 saturated carbocycles. The Bertz CT molecular complexity index is 556. The molecule has 0 spiro atoms. The van der Waals surface area contributed by atoms with Crippen molar-refractivity contribution in [2.75, 3.05) is 12.9 Å². The highest BCUT2D eigenvalue weighted by Crippen LogP contribution is 2.51. The average molecular weight is 311 g/mol. The summed E-state index contributed by atoms with van der Waals surface area (Å²) in [5, 5.41) is 19.7. The molecular weight excluding hydrogens is 294 g/mol. The average Bonchev–Trinajstić information content (AvgIpc) is 3.17. The van der Waals surface area contributed by atoms with Gasteiger partial charge in [-0.1, -0.05) is 0 Å². The number of rotatable bonds is 8. The maximum atomic E-state index is 10.9. The molecule has 0 heterocycles. The number of nitro benzene ring substituents is 1. The van der Waals surface area contributed by atoms with Crippen LogP contribution in [0.5, 0.6) is 5.75 Å². The third-order valence-electron chi connectivity index (χ3n) is 3.56. The molecule has 1 aliphatic carbocycles. The molecular formula is C14H17NO5S. The van der Waals surface area contributed by atoms with Gasteiger partial charge in [-0.3, -0.25) is 14.9 Å². The summed E-state index contributed by atoms with van der Waals surface area (Å²) in [5.41, 5.74) is 0.759. The number of thioether (sulfide) groups is 1. The van der Waals surface area contributed by atoms with Crippen molar-refractivity contribution in [1.82, 2.24) is 0 Å². The van der Waals surface area contributed by atoms with Crippen molar-refractivity contribution in [3.8, 4) is 5.75 Å². The molecule has 0 unspecified atom stereocenters. The largest absolute Gasteiger partial charge is 0.496 e. The predicted molar refractivity (Wildman–Crippen MR) is 79.7 cm³/mol. The number of carboxylic acids is 1. The second kappa shape index (κ2) is 6.34. The van der Waals surface area contributed by atoms with Crippen LogP contribution in [0, 0.1) is 15.5 Å². The first-order valence-electron chi connectivity index (χ1n) is 6.56. The minimum absolute atomic E-state index is 0.0108. The monoisotopic (exact) mass is 311 g/mol. The summed E-state index contributed by atoms with van der Waals surface area (Å²) in [7, 11) is 1.47. The SMILES string of the molecule is COc1cc(CSCC2(CC(=O)O)CC2)cc([N+](=O)[O-])c1. The highest BCUT2D eigenvalue weighted by Gasteiger charge is 2.44. The molecule has 0 saturated heterocycles. The molecule has 0 bridgehead atoms. The number of hydrogen-bond acceptors (Lipinski definition) is 5. The topological polar surface area (TPSA) is 89.7 Å². The molecule has 0 aliphatic heterocycles. The highest BCUT2D eigenvalue weighted by atomic mass is 32.2. The normalized spacial score (nSPS) is 15.5. The van der Waals surface area contributed by atoms with Gasteiger partial charge in [-0.15, -0.1) is 0 Å². The van der Waals surface area contributed by atoms with E-state index < -0.39 is 10.9 Å². The van der Waals surface area contributed by atoms with E-state index in [2.05, 4.69) is 0 Å². The summed E-state index contributed by atoms with van der Waals surface area (Å²) in [6.07, 6.45) is 2.10. The molecule has 0 amide bonds. The van der Waals surface area contributed by atoms with Crippen LogP contribution < -0.4 is 4.74 Å². The number of hydrogen-bond donors (Lipinski definition) is 1. The Kier molecular flexibility index (Phi) is 4.72. The van der Waals surface area contributed by atoms with E-state index in [4.69, 9.17) is 9.84 Å². The second-order valence-corrected chi connectivity index (χ2v) is 6.35. The van der Waals surface area contributed by atoms with Gasteiger partial charge in [-0.2, -0.15) is 11.8 Å². The van der Waals surface area contributed by atoms with Crippen LogP contribution in [-0.2, 0) is 10.5 Å². The Morgan fingerprint density at radius 3 is 2.71 bits per heavy atom. The van der Waals surface area contributed by atoms with E-state index in [0.29, 0.717) is 11.5 Å². The van der Waals surface area contributed by atoms with Crippen LogP contribution in [0.2, 0.25) is 0 Å². The molecule has 1 aromatic rings. The van der Waals surface area contributed by atoms with E-state index in [1.54, 1.807) is 17.8 Å². The number of non-ortho nitro benzene ring substituents is 1. The van der Waals surface area contributed by atoms with Crippen LogP contribution in [0.15, 0.2) is 18.2 Å². The maximum absolute atomic E-state index is 10.9. The number of carbonyl (C=O) groups is 1. The van der Waals surface area contributed by atoms with Gasteiger partial charge < -0.3 is 9.84 Å². The summed E-state index contributed by atoms with van der Waals surface area (Å²) < 4.78 is 5.07. The number of carboxylic acid groups (broad SMARTS) is 1. The maximum Gasteiger partial charge on any atom is 0.303 e. The molecule has 0 aromatic heterocycles. The molecule has 2 rings (SSSR count). The summed E-state index contributed by atoms with van der Waals surface area (Å²) in [6, 6.07) is 4.70. The lowest BCUT2D eigenvalue weighted by Gasteiger charge is -2.12. The van der Waals surface area contributed by atoms with Crippen LogP contribution in [0.3, 0.4) is 0 Å². The zero-order valence-corrected chi connectivity index (χ0v) is 12.5. The molecule has 0 radical (unpaired) electrons. The summed E-state index contributed by atoms with van der Waals surface area (Å²) in [4.78, 5) is 21.2. The van der Waals surface area contributed by atoms with E-state index >= 15 is 0 Å². The number of nitro groups is 1. The van der Waals surface area contributed by atoms with Gasteiger partial charge in [0.15, 0.2) is 0 Å². The van der Waals surface area contributed by atoms with Crippen LogP contribution in [0.25, 0.3) is 0 Å². The van der Waals surface area contributed by atoms with E-state index in [9.17, 15) is 14.9 Å².